The molecule has 1 atom stereocenters. The Morgan fingerprint density at radius 2 is 1.31 bits per heavy atom. The first kappa shape index (κ1) is 29.1. The summed E-state index contributed by atoms with van der Waals surface area (Å²) in [6, 6.07) is 9.40. The normalized spacial score (nSPS) is 15.7. The number of rotatable bonds is 18. The predicted octanol–water partition coefficient (Wildman–Crippen LogP) is 8.00. The molecule has 5 heteroatoms. The van der Waals surface area contributed by atoms with E-state index in [9.17, 15) is 9.59 Å². The van der Waals surface area contributed by atoms with Crippen molar-refractivity contribution in [2.24, 2.45) is 16.9 Å². The molecule has 1 aliphatic heterocycles. The van der Waals surface area contributed by atoms with Crippen LogP contribution in [-0.4, -0.2) is 17.6 Å². The molecule has 0 saturated heterocycles. The van der Waals surface area contributed by atoms with Gasteiger partial charge in [-0.3, -0.25) is 9.59 Å². The molecule has 0 spiro atoms. The molecule has 2 rings (SSSR count). The Bertz CT molecular complexity index is 760. The molecule has 35 heavy (non-hydrogen) atoms. The highest BCUT2D eigenvalue weighted by Crippen LogP contribution is 2.27. The van der Waals surface area contributed by atoms with Gasteiger partial charge in [0.2, 0.25) is 5.91 Å². The molecule has 1 N–H and O–H groups in total. The standard InChI is InChI=1S/C30H49N3O2/c1-4-5-6-7-8-9-10-11-12-13-14-15-16-17-21-24-27(34)31-29-28(25(2)3)30(35)33(32-29)26-22-19-18-20-23-26/h18-20,22-23,25,28H,4-17,21,24H2,1-3H3,(H,31,32,34). The number of amidine groups is 1. The van der Waals surface area contributed by atoms with Gasteiger partial charge in [-0.15, -0.1) is 0 Å². The monoisotopic (exact) mass is 483 g/mol. The molecule has 0 aromatic heterocycles. The lowest BCUT2D eigenvalue weighted by atomic mass is 9.94. The molecule has 0 saturated carbocycles. The maximum atomic E-state index is 12.9. The van der Waals surface area contributed by atoms with Gasteiger partial charge in [0.05, 0.1) is 5.69 Å². The van der Waals surface area contributed by atoms with Crippen LogP contribution in [0, 0.1) is 11.8 Å². The molecule has 1 aromatic carbocycles. The molecule has 0 fully saturated rings. The van der Waals surface area contributed by atoms with Gasteiger partial charge < -0.3 is 5.32 Å². The first-order chi connectivity index (χ1) is 17.0. The van der Waals surface area contributed by atoms with Gasteiger partial charge in [-0.25, -0.2) is 0 Å². The summed E-state index contributed by atoms with van der Waals surface area (Å²) in [7, 11) is 0. The van der Waals surface area contributed by atoms with E-state index < -0.39 is 5.92 Å². The van der Waals surface area contributed by atoms with E-state index in [1.54, 1.807) is 0 Å². The van der Waals surface area contributed by atoms with Crippen LogP contribution in [0.5, 0.6) is 0 Å². The van der Waals surface area contributed by atoms with E-state index >= 15 is 0 Å². The number of unbranched alkanes of at least 4 members (excludes halogenated alkanes) is 14. The third-order valence-electron chi connectivity index (χ3n) is 6.92. The number of hydrogen-bond acceptors (Lipinski definition) is 3. The van der Waals surface area contributed by atoms with Crippen LogP contribution in [-0.2, 0) is 9.59 Å². The number of amides is 2. The zero-order valence-electron chi connectivity index (χ0n) is 22.6. The average Bonchev–Trinajstić information content (AvgIpc) is 3.17. The summed E-state index contributed by atoms with van der Waals surface area (Å²) in [4.78, 5) is 25.4. The summed E-state index contributed by atoms with van der Waals surface area (Å²) in [6.07, 6.45) is 20.1. The first-order valence-electron chi connectivity index (χ1n) is 14.3. The number of carbonyl (C=O) groups is 2. The lowest BCUT2D eigenvalue weighted by molar-refractivity contribution is -0.120. The second kappa shape index (κ2) is 17.3. The van der Waals surface area contributed by atoms with Gasteiger partial charge in [0, 0.05) is 6.42 Å². The quantitative estimate of drug-likeness (QED) is 0.215. The molecule has 0 aliphatic carbocycles. The second-order valence-electron chi connectivity index (χ2n) is 10.4. The van der Waals surface area contributed by atoms with E-state index in [0.717, 1.165) is 18.5 Å². The Hall–Kier alpha value is -2.17. The minimum absolute atomic E-state index is 0.0354. The van der Waals surface area contributed by atoms with Crippen LogP contribution in [0.15, 0.2) is 35.4 Å². The SMILES string of the molecule is CCCCCCCCCCCCCCCCCC(=O)NC1=NN(c2ccccc2)C(=O)C1C(C)C. The van der Waals surface area contributed by atoms with Gasteiger partial charge >= 0.3 is 0 Å². The van der Waals surface area contributed by atoms with Crippen molar-refractivity contribution in [2.75, 3.05) is 5.01 Å². The number of anilines is 1. The Kier molecular flexibility index (Phi) is 14.4. The van der Waals surface area contributed by atoms with Crippen molar-refractivity contribution in [3.8, 4) is 0 Å². The fourth-order valence-electron chi connectivity index (χ4n) is 4.79. The minimum Gasteiger partial charge on any atom is -0.312 e. The number of carbonyl (C=O) groups excluding carboxylic acids is 2. The van der Waals surface area contributed by atoms with Crippen LogP contribution in [0.3, 0.4) is 0 Å². The molecule has 1 heterocycles. The fraction of sp³-hybridized carbons (Fsp3) is 0.700. The molecule has 196 valence electrons. The van der Waals surface area contributed by atoms with Crippen LogP contribution >= 0.6 is 0 Å². The van der Waals surface area contributed by atoms with Crippen molar-refractivity contribution in [1.82, 2.24) is 5.32 Å². The summed E-state index contributed by atoms with van der Waals surface area (Å²) in [6.45, 7) is 6.26. The largest absolute Gasteiger partial charge is 0.312 e. The zero-order valence-corrected chi connectivity index (χ0v) is 22.6. The van der Waals surface area contributed by atoms with Gasteiger partial charge in [-0.1, -0.05) is 129 Å². The van der Waals surface area contributed by atoms with Crippen molar-refractivity contribution < 1.29 is 9.59 Å². The summed E-state index contributed by atoms with van der Waals surface area (Å²) >= 11 is 0. The van der Waals surface area contributed by atoms with Crippen LogP contribution in [0.1, 0.15) is 124 Å². The third kappa shape index (κ3) is 11.0. The highest BCUT2D eigenvalue weighted by molar-refractivity contribution is 6.18. The summed E-state index contributed by atoms with van der Waals surface area (Å²) in [5.41, 5.74) is 0.731. The number of benzene rings is 1. The Morgan fingerprint density at radius 3 is 1.80 bits per heavy atom. The number of para-hydroxylation sites is 1. The maximum Gasteiger partial charge on any atom is 0.258 e. The highest BCUT2D eigenvalue weighted by atomic mass is 16.2. The summed E-state index contributed by atoms with van der Waals surface area (Å²) in [5.74, 6) is 0.0429. The lowest BCUT2D eigenvalue weighted by Crippen LogP contribution is -2.39. The first-order valence-corrected chi connectivity index (χ1v) is 14.3. The third-order valence-corrected chi connectivity index (χ3v) is 6.92. The lowest BCUT2D eigenvalue weighted by Gasteiger charge is -2.17. The molecule has 0 radical (unpaired) electrons. The maximum absolute atomic E-state index is 12.9. The molecular formula is C30H49N3O2. The van der Waals surface area contributed by atoms with Crippen LogP contribution in [0.4, 0.5) is 5.69 Å². The van der Waals surface area contributed by atoms with E-state index in [0.29, 0.717) is 12.3 Å². The van der Waals surface area contributed by atoms with Crippen molar-refractivity contribution in [3.05, 3.63) is 30.3 Å². The van der Waals surface area contributed by atoms with Gasteiger partial charge in [0.15, 0.2) is 0 Å². The Morgan fingerprint density at radius 1 is 0.829 bits per heavy atom. The predicted molar refractivity (Wildman–Crippen MR) is 147 cm³/mol. The topological polar surface area (TPSA) is 61.8 Å². The highest BCUT2D eigenvalue weighted by Gasteiger charge is 2.39. The van der Waals surface area contributed by atoms with Crippen molar-refractivity contribution in [3.63, 3.8) is 0 Å². The van der Waals surface area contributed by atoms with E-state index in [4.69, 9.17) is 0 Å². The Balaban J connectivity index is 1.54. The molecular weight excluding hydrogens is 434 g/mol. The molecule has 5 nitrogen and oxygen atoms in total. The molecule has 0 bridgehead atoms. The van der Waals surface area contributed by atoms with Gasteiger partial charge in [-0.2, -0.15) is 10.1 Å². The van der Waals surface area contributed by atoms with Crippen molar-refractivity contribution in [1.29, 1.82) is 0 Å². The van der Waals surface area contributed by atoms with E-state index in [2.05, 4.69) is 17.3 Å². The molecule has 1 aliphatic rings. The molecule has 1 aromatic rings. The second-order valence-corrected chi connectivity index (χ2v) is 10.4. The summed E-state index contributed by atoms with van der Waals surface area (Å²) in [5, 5.41) is 8.83. The minimum atomic E-state index is -0.403. The van der Waals surface area contributed by atoms with E-state index in [-0.39, 0.29) is 17.7 Å². The van der Waals surface area contributed by atoms with E-state index in [1.165, 1.54) is 88.5 Å². The van der Waals surface area contributed by atoms with E-state index in [1.807, 2.05) is 44.2 Å². The van der Waals surface area contributed by atoms with Crippen LogP contribution < -0.4 is 10.3 Å². The van der Waals surface area contributed by atoms with Crippen molar-refractivity contribution in [2.45, 2.75) is 124 Å². The summed E-state index contributed by atoms with van der Waals surface area (Å²) < 4.78 is 0. The smallest absolute Gasteiger partial charge is 0.258 e. The number of nitrogens with one attached hydrogen (secondary N) is 1. The molecule has 2 amide bonds. The van der Waals surface area contributed by atoms with Crippen LogP contribution in [0.2, 0.25) is 0 Å². The van der Waals surface area contributed by atoms with Gasteiger partial charge in [-0.05, 0) is 24.5 Å². The van der Waals surface area contributed by atoms with Gasteiger partial charge in [0.25, 0.3) is 5.91 Å². The fourth-order valence-corrected chi connectivity index (χ4v) is 4.79. The molecule has 1 unspecified atom stereocenters. The van der Waals surface area contributed by atoms with Crippen LogP contribution in [0.25, 0.3) is 0 Å². The number of hydrazone groups is 1. The number of nitrogens with zero attached hydrogens (tertiary/aromatic N) is 2. The average molecular weight is 484 g/mol. The number of hydrogen-bond donors (Lipinski definition) is 1. The Labute approximate surface area is 214 Å². The van der Waals surface area contributed by atoms with Gasteiger partial charge in [0.1, 0.15) is 11.8 Å². The zero-order chi connectivity index (χ0) is 25.3. The van der Waals surface area contributed by atoms with Crippen molar-refractivity contribution >= 4 is 23.3 Å².